The molecule has 0 fully saturated rings. The van der Waals surface area contributed by atoms with Gasteiger partial charge in [-0.15, -0.1) is 0 Å². The second kappa shape index (κ2) is 4.46. The molecule has 94 valence electrons. The second-order valence-corrected chi connectivity index (χ2v) is 5.89. The maximum atomic E-state index is 12.3. The van der Waals surface area contributed by atoms with Gasteiger partial charge in [0, 0.05) is 0 Å². The monoisotopic (exact) mass is 321 g/mol. The molecule has 0 saturated heterocycles. The zero-order valence-corrected chi connectivity index (χ0v) is 11.2. The summed E-state index contributed by atoms with van der Waals surface area (Å²) < 4.78 is 2.41. The second-order valence-electron chi connectivity index (χ2n) is 3.82. The predicted octanol–water partition coefficient (Wildman–Crippen LogP) is 1.35. The van der Waals surface area contributed by atoms with E-state index in [4.69, 9.17) is 0 Å². The van der Waals surface area contributed by atoms with E-state index in [1.165, 1.54) is 12.1 Å². The molecule has 3 aromatic rings. The number of non-ortho nitro benzene ring substituents is 1. The van der Waals surface area contributed by atoms with Gasteiger partial charge < -0.3 is 0 Å². The van der Waals surface area contributed by atoms with Crippen LogP contribution in [0.25, 0.3) is 15.5 Å². The Hall–Kier alpha value is -2.24. The normalized spacial score (nSPS) is 10.7. The molecule has 0 aliphatic rings. The summed E-state index contributed by atoms with van der Waals surface area (Å²) in [5.74, 6) is 0.575. The molecule has 19 heavy (non-hydrogen) atoms. The number of benzene rings is 1. The molecule has 0 aliphatic heterocycles. The van der Waals surface area contributed by atoms with Crippen molar-refractivity contribution in [1.82, 2.24) is 8.55 Å². The molecule has 0 amide bonds. The molecule has 2 heterocycles. The number of nitro benzene ring substituents is 1. The van der Waals surface area contributed by atoms with Crippen molar-refractivity contribution < 1.29 is 4.92 Å². The van der Waals surface area contributed by atoms with E-state index >= 15 is 0 Å². The molecule has 2 aromatic heterocycles. The summed E-state index contributed by atoms with van der Waals surface area (Å²) >= 11 is -0.226. The van der Waals surface area contributed by atoms with Crippen molar-refractivity contribution in [1.29, 1.82) is 0 Å². The van der Waals surface area contributed by atoms with Gasteiger partial charge in [0.15, 0.2) is 0 Å². The minimum absolute atomic E-state index is 0.0641. The van der Waals surface area contributed by atoms with Gasteiger partial charge in [-0.3, -0.25) is 0 Å². The summed E-state index contributed by atoms with van der Waals surface area (Å²) in [6.07, 6.45) is 1.62. The Morgan fingerprint density at radius 3 is 2.79 bits per heavy atom. The zero-order chi connectivity index (χ0) is 13.4. The predicted molar refractivity (Wildman–Crippen MR) is 70.9 cm³/mol. The molecule has 0 bridgehead atoms. The molecular formula is C12H7N3O3Se. The van der Waals surface area contributed by atoms with Crippen LogP contribution in [0.4, 0.5) is 5.69 Å². The number of rotatable bonds is 2. The molecule has 1 aromatic carbocycles. The van der Waals surface area contributed by atoms with Gasteiger partial charge in [0.05, 0.1) is 0 Å². The molecule has 0 aliphatic carbocycles. The topological polar surface area (TPSA) is 78.0 Å². The molecule has 0 N–H and O–H groups in total. The molecular weight excluding hydrogens is 313 g/mol. The van der Waals surface area contributed by atoms with Crippen LogP contribution in [-0.2, 0) is 0 Å². The molecule has 0 radical (unpaired) electrons. The van der Waals surface area contributed by atoms with Gasteiger partial charge in [-0.05, 0) is 0 Å². The Labute approximate surface area is 113 Å². The summed E-state index contributed by atoms with van der Waals surface area (Å²) in [5.41, 5.74) is -0.289. The van der Waals surface area contributed by atoms with Crippen molar-refractivity contribution in [2.24, 2.45) is 0 Å². The van der Waals surface area contributed by atoms with E-state index in [9.17, 15) is 14.9 Å². The molecule has 3 rings (SSSR count). The standard InChI is InChI=1S/C12H7N3O3Se/c16-12-9-7-8(15(17)18)4-5-10(9)19-14(12)11-3-1-2-6-13-11/h1-7H. The summed E-state index contributed by atoms with van der Waals surface area (Å²) in [5, 5.41) is 11.1. The van der Waals surface area contributed by atoms with E-state index in [0.29, 0.717) is 11.2 Å². The Morgan fingerprint density at radius 2 is 2.11 bits per heavy atom. The SMILES string of the molecule is O=c1c2cc([N+](=O)[O-])ccc2[se]n1-c1ccccn1. The summed E-state index contributed by atoms with van der Waals surface area (Å²) in [7, 11) is 0. The van der Waals surface area contributed by atoms with Crippen LogP contribution in [0.15, 0.2) is 47.4 Å². The Kier molecular flexibility index (Phi) is 2.77. The number of hydrogen-bond acceptors (Lipinski definition) is 4. The fourth-order valence-electron chi connectivity index (χ4n) is 1.75. The molecule has 0 saturated carbocycles. The molecule has 7 heteroatoms. The Bertz CT molecular complexity index is 823. The summed E-state index contributed by atoms with van der Waals surface area (Å²) in [4.78, 5) is 26.6. The number of nitro groups is 1. The van der Waals surface area contributed by atoms with E-state index in [1.54, 1.807) is 34.0 Å². The van der Waals surface area contributed by atoms with Crippen LogP contribution in [0.1, 0.15) is 0 Å². The fourth-order valence-corrected chi connectivity index (χ4v) is 3.75. The van der Waals surface area contributed by atoms with Crippen molar-refractivity contribution in [2.45, 2.75) is 0 Å². The third-order valence-electron chi connectivity index (χ3n) is 2.64. The summed E-state index contributed by atoms with van der Waals surface area (Å²) in [6, 6.07) is 9.73. The van der Waals surface area contributed by atoms with Crippen LogP contribution < -0.4 is 5.56 Å². The van der Waals surface area contributed by atoms with Crippen LogP contribution in [0, 0.1) is 10.1 Å². The summed E-state index contributed by atoms with van der Waals surface area (Å²) in [6.45, 7) is 0. The third-order valence-corrected chi connectivity index (χ3v) is 4.92. The van der Waals surface area contributed by atoms with Gasteiger partial charge >= 0.3 is 112 Å². The number of fused-ring (bicyclic) bond motifs is 1. The average molecular weight is 320 g/mol. The maximum absolute atomic E-state index is 12.3. The fraction of sp³-hybridized carbons (Fsp3) is 0. The van der Waals surface area contributed by atoms with Crippen LogP contribution in [-0.4, -0.2) is 28.2 Å². The van der Waals surface area contributed by atoms with Crippen molar-refractivity contribution >= 4 is 30.1 Å². The zero-order valence-electron chi connectivity index (χ0n) is 9.52. The molecule has 6 nitrogen and oxygen atoms in total. The first-order valence-corrected chi connectivity index (χ1v) is 7.01. The van der Waals surface area contributed by atoms with Gasteiger partial charge in [0.2, 0.25) is 0 Å². The van der Waals surface area contributed by atoms with Crippen LogP contribution >= 0.6 is 0 Å². The van der Waals surface area contributed by atoms with Gasteiger partial charge in [-0.1, -0.05) is 0 Å². The molecule has 0 spiro atoms. The van der Waals surface area contributed by atoms with Crippen LogP contribution in [0.5, 0.6) is 0 Å². The van der Waals surface area contributed by atoms with E-state index in [2.05, 4.69) is 4.98 Å². The van der Waals surface area contributed by atoms with Crippen LogP contribution in [0.2, 0.25) is 0 Å². The van der Waals surface area contributed by atoms with Crippen molar-refractivity contribution in [3.05, 3.63) is 63.1 Å². The number of hydrogen-bond donors (Lipinski definition) is 0. The molecule has 0 unspecified atom stereocenters. The molecule has 0 atom stereocenters. The first-order valence-electron chi connectivity index (χ1n) is 5.39. The third kappa shape index (κ3) is 1.99. The first kappa shape index (κ1) is 11.8. The van der Waals surface area contributed by atoms with Crippen molar-refractivity contribution in [2.75, 3.05) is 0 Å². The van der Waals surface area contributed by atoms with Gasteiger partial charge in [0.1, 0.15) is 0 Å². The number of nitrogens with zero attached hydrogens (tertiary/aromatic N) is 3. The van der Waals surface area contributed by atoms with Gasteiger partial charge in [0.25, 0.3) is 0 Å². The minimum atomic E-state index is -0.496. The van der Waals surface area contributed by atoms with Gasteiger partial charge in [-0.2, -0.15) is 0 Å². The van der Waals surface area contributed by atoms with Crippen molar-refractivity contribution in [3.63, 3.8) is 0 Å². The van der Waals surface area contributed by atoms with E-state index in [-0.39, 0.29) is 26.0 Å². The average Bonchev–Trinajstić information content (AvgIpc) is 2.77. The number of pyridine rings is 1. The van der Waals surface area contributed by atoms with E-state index < -0.39 is 4.92 Å². The van der Waals surface area contributed by atoms with E-state index in [1.807, 2.05) is 0 Å². The quantitative estimate of drug-likeness (QED) is 0.406. The number of aromatic nitrogens is 2. The Morgan fingerprint density at radius 1 is 1.26 bits per heavy atom. The first-order chi connectivity index (χ1) is 9.16. The van der Waals surface area contributed by atoms with Crippen molar-refractivity contribution in [3.8, 4) is 5.82 Å². The van der Waals surface area contributed by atoms with Gasteiger partial charge in [-0.25, -0.2) is 0 Å². The van der Waals surface area contributed by atoms with E-state index in [0.717, 1.165) is 4.26 Å². The Balaban J connectivity index is 2.27. The van der Waals surface area contributed by atoms with Crippen LogP contribution in [0.3, 0.4) is 0 Å².